The highest BCUT2D eigenvalue weighted by Crippen LogP contribution is 2.49. The van der Waals surface area contributed by atoms with Crippen LogP contribution in [0.3, 0.4) is 0 Å². The lowest BCUT2D eigenvalue weighted by Gasteiger charge is -2.21. The molecule has 0 spiro atoms. The number of esters is 1. The first-order valence-corrected chi connectivity index (χ1v) is 7.39. The molecule has 0 aromatic heterocycles. The van der Waals surface area contributed by atoms with Gasteiger partial charge in [0.2, 0.25) is 10.0 Å². The normalized spacial score (nSPS) is 17.3. The first kappa shape index (κ1) is 15.8. The third-order valence-electron chi connectivity index (χ3n) is 3.20. The molecule has 0 amide bonds. The number of carbonyl (C=O) groups excluding carboxylic acids is 1. The predicted molar refractivity (Wildman–Crippen MR) is 66.1 cm³/mol. The summed E-state index contributed by atoms with van der Waals surface area (Å²) in [4.78, 5) is 11.0. The maximum absolute atomic E-state index is 12.8. The van der Waals surface area contributed by atoms with Crippen LogP contribution >= 0.6 is 0 Å². The van der Waals surface area contributed by atoms with Crippen molar-refractivity contribution in [2.45, 2.75) is 29.5 Å². The third kappa shape index (κ3) is 2.88. The Bertz CT molecular complexity index is 665. The zero-order chi connectivity index (χ0) is 15.9. The fraction of sp³-hybridized carbons (Fsp3) is 0.417. The predicted octanol–water partition coefficient (Wildman–Crippen LogP) is 1.85. The van der Waals surface area contributed by atoms with Crippen LogP contribution in [0.5, 0.6) is 0 Å². The molecule has 0 radical (unpaired) electrons. The Balaban J connectivity index is 2.40. The van der Waals surface area contributed by atoms with E-state index >= 15 is 0 Å². The quantitative estimate of drug-likeness (QED) is 0.858. The van der Waals surface area contributed by atoms with E-state index in [4.69, 9.17) is 0 Å². The van der Waals surface area contributed by atoms with Gasteiger partial charge < -0.3 is 4.74 Å². The second-order valence-electron chi connectivity index (χ2n) is 4.67. The Morgan fingerprint density at radius 3 is 2.33 bits per heavy atom. The maximum atomic E-state index is 12.8. The van der Waals surface area contributed by atoms with Crippen LogP contribution in [0, 0.1) is 0 Å². The van der Waals surface area contributed by atoms with Crippen molar-refractivity contribution in [1.82, 2.24) is 4.72 Å². The largest absolute Gasteiger partial charge is 0.465 e. The van der Waals surface area contributed by atoms with Gasteiger partial charge in [0.05, 0.1) is 17.6 Å². The van der Waals surface area contributed by atoms with Crippen LogP contribution in [-0.2, 0) is 14.8 Å². The molecule has 1 aromatic carbocycles. The summed E-state index contributed by atoms with van der Waals surface area (Å²) >= 11 is 0. The Morgan fingerprint density at radius 1 is 1.29 bits per heavy atom. The molecule has 1 N–H and O–H groups in total. The van der Waals surface area contributed by atoms with Gasteiger partial charge in [-0.25, -0.2) is 13.2 Å². The van der Waals surface area contributed by atoms with Gasteiger partial charge in [0.25, 0.3) is 0 Å². The van der Waals surface area contributed by atoms with Gasteiger partial charge in [-0.3, -0.25) is 0 Å². The van der Waals surface area contributed by atoms with E-state index in [0.29, 0.717) is 0 Å². The van der Waals surface area contributed by atoms with Gasteiger partial charge in [0.15, 0.2) is 0 Å². The summed E-state index contributed by atoms with van der Waals surface area (Å²) in [5, 5.41) is 0. The van der Waals surface area contributed by atoms with Crippen LogP contribution in [0.4, 0.5) is 13.2 Å². The van der Waals surface area contributed by atoms with Crippen molar-refractivity contribution < 1.29 is 31.1 Å². The fourth-order valence-electron chi connectivity index (χ4n) is 1.86. The summed E-state index contributed by atoms with van der Waals surface area (Å²) < 4.78 is 69.0. The van der Waals surface area contributed by atoms with Crippen LogP contribution < -0.4 is 4.72 Å². The molecule has 0 bridgehead atoms. The van der Waals surface area contributed by atoms with E-state index in [-0.39, 0.29) is 18.4 Å². The molecule has 0 saturated heterocycles. The van der Waals surface area contributed by atoms with Gasteiger partial charge in [-0.15, -0.1) is 0 Å². The minimum atomic E-state index is -4.68. The van der Waals surface area contributed by atoms with E-state index in [9.17, 15) is 26.4 Å². The molecule has 1 aliphatic carbocycles. The van der Waals surface area contributed by atoms with Crippen LogP contribution in [0.15, 0.2) is 29.2 Å². The summed E-state index contributed by atoms with van der Waals surface area (Å²) in [5.41, 5.74) is -2.75. The van der Waals surface area contributed by atoms with Crippen molar-refractivity contribution in [2.24, 2.45) is 0 Å². The molecule has 1 aromatic rings. The number of hydrogen-bond donors (Lipinski definition) is 1. The summed E-state index contributed by atoms with van der Waals surface area (Å²) in [7, 11) is -3.44. The number of hydrogen-bond acceptors (Lipinski definition) is 4. The van der Waals surface area contributed by atoms with Crippen LogP contribution in [0.25, 0.3) is 0 Å². The minimum absolute atomic E-state index is 0.314. The van der Waals surface area contributed by atoms with E-state index in [2.05, 4.69) is 4.74 Å². The smallest absolute Gasteiger partial charge is 0.407 e. The fourth-order valence-corrected chi connectivity index (χ4v) is 3.50. The second kappa shape index (κ2) is 4.99. The summed E-state index contributed by atoms with van der Waals surface area (Å²) in [5.74, 6) is -0.937. The molecule has 116 valence electrons. The Labute approximate surface area is 119 Å². The van der Waals surface area contributed by atoms with Gasteiger partial charge >= 0.3 is 12.1 Å². The first-order chi connectivity index (χ1) is 9.63. The molecule has 21 heavy (non-hydrogen) atoms. The van der Waals surface area contributed by atoms with Crippen molar-refractivity contribution in [3.63, 3.8) is 0 Å². The lowest BCUT2D eigenvalue weighted by Crippen LogP contribution is -2.47. The number of alkyl halides is 3. The van der Waals surface area contributed by atoms with Gasteiger partial charge in [-0.1, -0.05) is 12.1 Å². The van der Waals surface area contributed by atoms with Crippen molar-refractivity contribution >= 4 is 16.0 Å². The highest BCUT2D eigenvalue weighted by molar-refractivity contribution is 7.89. The molecule has 1 aliphatic rings. The van der Waals surface area contributed by atoms with Crippen LogP contribution in [0.2, 0.25) is 0 Å². The molecule has 0 aliphatic heterocycles. The molecule has 5 nitrogen and oxygen atoms in total. The Morgan fingerprint density at radius 2 is 1.86 bits per heavy atom. The van der Waals surface area contributed by atoms with E-state index in [0.717, 1.165) is 13.2 Å². The maximum Gasteiger partial charge on any atom is 0.407 e. The number of carbonyl (C=O) groups is 1. The molecule has 2 rings (SSSR count). The Hall–Kier alpha value is -1.61. The number of methoxy groups -OCH3 is 1. The summed E-state index contributed by atoms with van der Waals surface area (Å²) in [6.07, 6.45) is -5.33. The lowest BCUT2D eigenvalue weighted by molar-refractivity contribution is -0.160. The molecule has 0 unspecified atom stereocenters. The van der Waals surface area contributed by atoms with Crippen molar-refractivity contribution in [3.05, 3.63) is 29.8 Å². The number of benzene rings is 1. The Kier molecular flexibility index (Phi) is 3.75. The lowest BCUT2D eigenvalue weighted by atomic mass is 10.2. The highest BCUT2D eigenvalue weighted by Gasteiger charge is 2.65. The van der Waals surface area contributed by atoms with Crippen molar-refractivity contribution in [3.8, 4) is 0 Å². The van der Waals surface area contributed by atoms with E-state index in [1.165, 1.54) is 18.2 Å². The van der Waals surface area contributed by atoms with E-state index in [1.807, 2.05) is 0 Å². The first-order valence-electron chi connectivity index (χ1n) is 5.91. The third-order valence-corrected chi connectivity index (χ3v) is 4.80. The van der Waals surface area contributed by atoms with Crippen molar-refractivity contribution in [2.75, 3.05) is 7.11 Å². The summed E-state index contributed by atoms with van der Waals surface area (Å²) in [6.45, 7) is 0. The van der Waals surface area contributed by atoms with Gasteiger partial charge in [-0.05, 0) is 25.0 Å². The number of sulfonamides is 1. The monoisotopic (exact) mass is 323 g/mol. The standard InChI is InChI=1S/C12H12F3NO4S/c1-20-10(17)8-4-2-3-5-9(8)21(18,19)16-11(6-7-11)12(13,14)15/h2-5,16H,6-7H2,1H3. The molecule has 1 fully saturated rings. The molecular formula is C12H12F3NO4S. The molecule has 1 saturated carbocycles. The van der Waals surface area contributed by atoms with Crippen LogP contribution in [-0.4, -0.2) is 33.2 Å². The molecule has 0 atom stereocenters. The van der Waals surface area contributed by atoms with E-state index in [1.54, 1.807) is 4.72 Å². The average molecular weight is 323 g/mol. The number of halogens is 3. The van der Waals surface area contributed by atoms with E-state index < -0.39 is 32.6 Å². The van der Waals surface area contributed by atoms with Crippen LogP contribution in [0.1, 0.15) is 23.2 Å². The minimum Gasteiger partial charge on any atom is -0.465 e. The van der Waals surface area contributed by atoms with Crippen molar-refractivity contribution in [1.29, 1.82) is 0 Å². The highest BCUT2D eigenvalue weighted by atomic mass is 32.2. The topological polar surface area (TPSA) is 72.5 Å². The zero-order valence-electron chi connectivity index (χ0n) is 10.9. The van der Waals surface area contributed by atoms with Gasteiger partial charge in [0.1, 0.15) is 5.54 Å². The molecule has 9 heteroatoms. The average Bonchev–Trinajstić information content (AvgIpc) is 3.17. The molecule has 0 heterocycles. The zero-order valence-corrected chi connectivity index (χ0v) is 11.7. The number of ether oxygens (including phenoxy) is 1. The number of nitrogens with one attached hydrogen (secondary N) is 1. The molecular weight excluding hydrogens is 311 g/mol. The second-order valence-corrected chi connectivity index (χ2v) is 6.32. The SMILES string of the molecule is COC(=O)c1ccccc1S(=O)(=O)NC1(C(F)(F)F)CC1. The summed E-state index contributed by atoms with van der Waals surface area (Å²) in [6, 6.07) is 4.94. The van der Waals surface area contributed by atoms with Gasteiger partial charge in [-0.2, -0.15) is 17.9 Å². The van der Waals surface area contributed by atoms with Gasteiger partial charge in [0, 0.05) is 0 Å². The number of rotatable bonds is 4.